The van der Waals surface area contributed by atoms with Gasteiger partial charge in [0.1, 0.15) is 5.75 Å². The zero-order valence-corrected chi connectivity index (χ0v) is 17.8. The van der Waals surface area contributed by atoms with Crippen LogP contribution in [-0.2, 0) is 12.8 Å². The molecule has 0 radical (unpaired) electrons. The lowest BCUT2D eigenvalue weighted by Gasteiger charge is -2.32. The molecule has 5 rings (SSSR count). The van der Waals surface area contributed by atoms with Crippen LogP contribution in [0.2, 0.25) is 0 Å². The van der Waals surface area contributed by atoms with E-state index >= 15 is 0 Å². The second kappa shape index (κ2) is 8.73. The number of carbonyl (C=O) groups excluding carboxylic acids is 1. The molecular formula is C25H25F2N3O2. The molecule has 32 heavy (non-hydrogen) atoms. The lowest BCUT2D eigenvalue weighted by molar-refractivity contribution is 0.0626. The number of piperidine rings is 1. The summed E-state index contributed by atoms with van der Waals surface area (Å²) < 4.78 is 34.7. The molecule has 7 heteroatoms. The van der Waals surface area contributed by atoms with Crippen molar-refractivity contribution in [2.24, 2.45) is 5.92 Å². The van der Waals surface area contributed by atoms with Gasteiger partial charge in [-0.15, -0.1) is 0 Å². The van der Waals surface area contributed by atoms with Gasteiger partial charge in [0.25, 0.3) is 5.91 Å². The van der Waals surface area contributed by atoms with Crippen LogP contribution in [-0.4, -0.2) is 40.3 Å². The third kappa shape index (κ3) is 3.99. The zero-order valence-electron chi connectivity index (χ0n) is 17.8. The number of hydrogen-bond acceptors (Lipinski definition) is 3. The summed E-state index contributed by atoms with van der Waals surface area (Å²) in [7, 11) is 0. The molecule has 3 aromatic rings. The number of fused-ring (bicyclic) bond motifs is 1. The number of benzene rings is 2. The van der Waals surface area contributed by atoms with Crippen LogP contribution in [0.1, 0.15) is 41.0 Å². The normalized spacial score (nSPS) is 17.9. The van der Waals surface area contributed by atoms with Crippen LogP contribution in [0.25, 0.3) is 5.69 Å². The first-order chi connectivity index (χ1) is 15.6. The highest BCUT2D eigenvalue weighted by molar-refractivity contribution is 5.94. The predicted octanol–water partition coefficient (Wildman–Crippen LogP) is 4.57. The highest BCUT2D eigenvalue weighted by atomic mass is 19.2. The fourth-order valence-electron chi connectivity index (χ4n) is 4.71. The highest BCUT2D eigenvalue weighted by Crippen LogP contribution is 2.30. The Morgan fingerprint density at radius 2 is 1.91 bits per heavy atom. The van der Waals surface area contributed by atoms with E-state index in [9.17, 15) is 13.6 Å². The number of likely N-dealkylation sites (tertiary alicyclic amines) is 1. The number of para-hydroxylation sites is 1. The SMILES string of the molecule is O=C(c1nn(-c2ccc(F)c(F)c2)c2c1CCC2)N1CCCC(COc2ccccc2)C1. The molecule has 2 aromatic carbocycles. The first-order valence-corrected chi connectivity index (χ1v) is 11.1. The molecule has 0 spiro atoms. The quantitative estimate of drug-likeness (QED) is 0.588. The smallest absolute Gasteiger partial charge is 0.274 e. The summed E-state index contributed by atoms with van der Waals surface area (Å²) in [5.74, 6) is -0.817. The molecular weight excluding hydrogens is 412 g/mol. The van der Waals surface area contributed by atoms with Gasteiger partial charge in [0.2, 0.25) is 0 Å². The maximum atomic E-state index is 13.8. The predicted molar refractivity (Wildman–Crippen MR) is 116 cm³/mol. The Kier molecular flexibility index (Phi) is 5.64. The second-order valence-electron chi connectivity index (χ2n) is 8.52. The van der Waals surface area contributed by atoms with Gasteiger partial charge < -0.3 is 9.64 Å². The molecule has 1 amide bonds. The molecule has 0 N–H and O–H groups in total. The fraction of sp³-hybridized carbons (Fsp3) is 0.360. The largest absolute Gasteiger partial charge is 0.493 e. The Hall–Kier alpha value is -3.22. The number of ether oxygens (including phenoxy) is 1. The van der Waals surface area contributed by atoms with Crippen molar-refractivity contribution in [3.8, 4) is 11.4 Å². The van der Waals surface area contributed by atoms with E-state index in [4.69, 9.17) is 4.74 Å². The number of halogens is 2. The van der Waals surface area contributed by atoms with Crippen molar-refractivity contribution in [3.05, 3.63) is 77.1 Å². The Morgan fingerprint density at radius 3 is 2.72 bits per heavy atom. The van der Waals surface area contributed by atoms with Crippen LogP contribution < -0.4 is 4.74 Å². The minimum absolute atomic E-state index is 0.0890. The first-order valence-electron chi connectivity index (χ1n) is 11.1. The van der Waals surface area contributed by atoms with Gasteiger partial charge in [-0.1, -0.05) is 18.2 Å². The second-order valence-corrected chi connectivity index (χ2v) is 8.52. The third-order valence-corrected chi connectivity index (χ3v) is 6.32. The Bertz CT molecular complexity index is 1130. The number of aromatic nitrogens is 2. The Morgan fingerprint density at radius 1 is 1.06 bits per heavy atom. The summed E-state index contributed by atoms with van der Waals surface area (Å²) in [5.41, 5.74) is 2.73. The van der Waals surface area contributed by atoms with E-state index in [0.29, 0.717) is 31.1 Å². The topological polar surface area (TPSA) is 47.4 Å². The van der Waals surface area contributed by atoms with Gasteiger partial charge >= 0.3 is 0 Å². The minimum atomic E-state index is -0.921. The minimum Gasteiger partial charge on any atom is -0.493 e. The molecule has 1 unspecified atom stereocenters. The third-order valence-electron chi connectivity index (χ3n) is 6.32. The van der Waals surface area contributed by atoms with Crippen molar-refractivity contribution in [3.63, 3.8) is 0 Å². The summed E-state index contributed by atoms with van der Waals surface area (Å²) in [5, 5.41) is 4.57. The maximum Gasteiger partial charge on any atom is 0.274 e. The van der Waals surface area contributed by atoms with Gasteiger partial charge in [0.15, 0.2) is 17.3 Å². The van der Waals surface area contributed by atoms with Crippen LogP contribution >= 0.6 is 0 Å². The van der Waals surface area contributed by atoms with Gasteiger partial charge in [-0.25, -0.2) is 13.5 Å². The molecule has 1 aromatic heterocycles. The summed E-state index contributed by atoms with van der Waals surface area (Å²) in [6.07, 6.45) is 4.39. The van der Waals surface area contributed by atoms with Gasteiger partial charge in [-0.2, -0.15) is 5.10 Å². The summed E-state index contributed by atoms with van der Waals surface area (Å²) >= 11 is 0. The van der Waals surface area contributed by atoms with E-state index < -0.39 is 11.6 Å². The molecule has 1 fully saturated rings. The summed E-state index contributed by atoms with van der Waals surface area (Å²) in [4.78, 5) is 15.3. The van der Waals surface area contributed by atoms with E-state index in [1.807, 2.05) is 35.2 Å². The van der Waals surface area contributed by atoms with Crippen molar-refractivity contribution in [2.75, 3.05) is 19.7 Å². The molecule has 0 saturated carbocycles. The molecule has 0 bridgehead atoms. The van der Waals surface area contributed by atoms with Crippen LogP contribution in [0, 0.1) is 17.6 Å². The molecule has 1 saturated heterocycles. The molecule has 1 aliphatic carbocycles. The van der Waals surface area contributed by atoms with E-state index in [-0.39, 0.29) is 11.8 Å². The maximum absolute atomic E-state index is 13.8. The molecule has 5 nitrogen and oxygen atoms in total. The van der Waals surface area contributed by atoms with E-state index in [2.05, 4.69) is 5.10 Å². The number of nitrogens with zero attached hydrogens (tertiary/aromatic N) is 3. The van der Waals surface area contributed by atoms with Crippen molar-refractivity contribution in [1.29, 1.82) is 0 Å². The standard InChI is InChI=1S/C25H25F2N3O2/c26-21-12-11-18(14-22(21)27)30-23-10-4-9-20(23)24(28-30)25(31)29-13-5-6-17(15-29)16-32-19-7-2-1-3-8-19/h1-3,7-8,11-12,14,17H,4-6,9-10,13,15-16H2. The van der Waals surface area contributed by atoms with Crippen molar-refractivity contribution >= 4 is 5.91 Å². The van der Waals surface area contributed by atoms with Gasteiger partial charge in [0, 0.05) is 36.3 Å². The summed E-state index contributed by atoms with van der Waals surface area (Å²) in [6.45, 7) is 1.88. The highest BCUT2D eigenvalue weighted by Gasteiger charge is 2.32. The molecule has 166 valence electrons. The van der Waals surface area contributed by atoms with Crippen molar-refractivity contribution < 1.29 is 18.3 Å². The Labute approximate surface area is 185 Å². The average Bonchev–Trinajstić information content (AvgIpc) is 3.43. The number of rotatable bonds is 5. The molecule has 1 atom stereocenters. The lowest BCUT2D eigenvalue weighted by atomic mass is 9.98. The van der Waals surface area contributed by atoms with Gasteiger partial charge in [0.05, 0.1) is 12.3 Å². The number of carbonyl (C=O) groups is 1. The van der Waals surface area contributed by atoms with Crippen molar-refractivity contribution in [2.45, 2.75) is 32.1 Å². The Balaban J connectivity index is 1.34. The van der Waals surface area contributed by atoms with E-state index in [1.54, 1.807) is 4.68 Å². The number of amides is 1. The molecule has 1 aliphatic heterocycles. The van der Waals surface area contributed by atoms with Crippen LogP contribution in [0.15, 0.2) is 48.5 Å². The average molecular weight is 437 g/mol. The first kappa shape index (κ1) is 20.7. The zero-order chi connectivity index (χ0) is 22.1. The van der Waals surface area contributed by atoms with E-state index in [1.165, 1.54) is 6.07 Å². The van der Waals surface area contributed by atoms with E-state index in [0.717, 1.165) is 61.2 Å². The summed E-state index contributed by atoms with van der Waals surface area (Å²) in [6, 6.07) is 13.4. The van der Waals surface area contributed by atoms with Crippen molar-refractivity contribution in [1.82, 2.24) is 14.7 Å². The van der Waals surface area contributed by atoms with Gasteiger partial charge in [-0.3, -0.25) is 4.79 Å². The lowest BCUT2D eigenvalue weighted by Crippen LogP contribution is -2.42. The van der Waals surface area contributed by atoms with Gasteiger partial charge in [-0.05, 0) is 56.4 Å². The molecule has 2 aliphatic rings. The number of hydrogen-bond donors (Lipinski definition) is 0. The van der Waals surface area contributed by atoms with Crippen LogP contribution in [0.3, 0.4) is 0 Å². The van der Waals surface area contributed by atoms with Crippen LogP contribution in [0.5, 0.6) is 5.75 Å². The molecule has 2 heterocycles. The van der Waals surface area contributed by atoms with Crippen LogP contribution in [0.4, 0.5) is 8.78 Å². The monoisotopic (exact) mass is 437 g/mol. The fourth-order valence-corrected chi connectivity index (χ4v) is 4.71.